The van der Waals surface area contributed by atoms with Gasteiger partial charge in [0.05, 0.1) is 5.75 Å². The smallest absolute Gasteiger partial charge is 0.253 e. The van der Waals surface area contributed by atoms with Gasteiger partial charge in [-0.3, -0.25) is 9.59 Å². The van der Waals surface area contributed by atoms with Crippen molar-refractivity contribution in [2.75, 3.05) is 57.4 Å². The molecule has 0 bridgehead atoms. The Bertz CT molecular complexity index is 825. The summed E-state index contributed by atoms with van der Waals surface area (Å²) < 4.78 is 25.3. The van der Waals surface area contributed by atoms with Crippen LogP contribution in [0.2, 0.25) is 0 Å². The predicted octanol–water partition coefficient (Wildman–Crippen LogP) is 1.07. The van der Waals surface area contributed by atoms with Gasteiger partial charge >= 0.3 is 0 Å². The maximum Gasteiger partial charge on any atom is 0.253 e. The molecule has 0 radical (unpaired) electrons. The average molecular weight is 423 g/mol. The van der Waals surface area contributed by atoms with Gasteiger partial charge in [-0.2, -0.15) is 0 Å². The Morgan fingerprint density at radius 2 is 1.59 bits per heavy atom. The number of piperazine rings is 1. The van der Waals surface area contributed by atoms with Crippen molar-refractivity contribution in [2.24, 2.45) is 5.92 Å². The first-order valence-electron chi connectivity index (χ1n) is 10.2. The lowest BCUT2D eigenvalue weighted by molar-refractivity contribution is -0.120. The fraction of sp³-hybridized carbons (Fsp3) is 0.600. The van der Waals surface area contributed by atoms with E-state index >= 15 is 0 Å². The third-order valence-corrected chi connectivity index (χ3v) is 7.65. The number of hydrogen-bond acceptors (Lipinski definition) is 5. The highest BCUT2D eigenvalue weighted by Gasteiger charge is 2.30. The average Bonchev–Trinajstić information content (AvgIpc) is 2.74. The minimum atomic E-state index is -3.19. The summed E-state index contributed by atoms with van der Waals surface area (Å²) in [5, 5.41) is 2.89. The van der Waals surface area contributed by atoms with Crippen molar-refractivity contribution < 1.29 is 18.0 Å². The van der Waals surface area contributed by atoms with E-state index < -0.39 is 10.0 Å². The Morgan fingerprint density at radius 1 is 1.00 bits per heavy atom. The molecule has 3 rings (SSSR count). The number of nitrogens with one attached hydrogen (secondary N) is 1. The van der Waals surface area contributed by atoms with Crippen LogP contribution < -0.4 is 5.32 Å². The Hall–Kier alpha value is -1.97. The number of rotatable bonds is 5. The van der Waals surface area contributed by atoms with E-state index in [-0.39, 0.29) is 23.5 Å². The molecule has 0 atom stereocenters. The highest BCUT2D eigenvalue weighted by Crippen LogP contribution is 2.22. The first-order valence-corrected chi connectivity index (χ1v) is 11.8. The van der Waals surface area contributed by atoms with Crippen LogP contribution >= 0.6 is 0 Å². The highest BCUT2D eigenvalue weighted by molar-refractivity contribution is 7.89. The summed E-state index contributed by atoms with van der Waals surface area (Å²) in [6.07, 6.45) is 1.04. The van der Waals surface area contributed by atoms with Crippen LogP contribution in [0.25, 0.3) is 0 Å². The van der Waals surface area contributed by atoms with E-state index in [2.05, 4.69) is 10.2 Å². The molecule has 0 unspecified atom stereocenters. The monoisotopic (exact) mass is 422 g/mol. The van der Waals surface area contributed by atoms with Crippen molar-refractivity contribution in [1.82, 2.24) is 14.1 Å². The van der Waals surface area contributed by atoms with E-state index in [0.717, 1.165) is 26.2 Å². The number of carbonyl (C=O) groups excluding carboxylic acids is 2. The largest absolute Gasteiger partial charge is 0.336 e. The summed E-state index contributed by atoms with van der Waals surface area (Å²) in [5.74, 6) is -0.203. The lowest BCUT2D eigenvalue weighted by Gasteiger charge is -2.32. The molecular formula is C20H30N4O4S. The van der Waals surface area contributed by atoms with E-state index in [1.807, 2.05) is 11.9 Å². The molecule has 2 aliphatic rings. The van der Waals surface area contributed by atoms with Gasteiger partial charge in [0, 0.05) is 56.4 Å². The Kier molecular flexibility index (Phi) is 6.92. The van der Waals surface area contributed by atoms with Crippen LogP contribution in [0.4, 0.5) is 5.69 Å². The second-order valence-corrected chi connectivity index (χ2v) is 9.99. The van der Waals surface area contributed by atoms with Crippen LogP contribution in [0.1, 0.15) is 30.1 Å². The lowest BCUT2D eigenvalue weighted by atomic mass is 9.97. The number of benzene rings is 1. The molecule has 0 aromatic heterocycles. The molecule has 29 heavy (non-hydrogen) atoms. The lowest BCUT2D eigenvalue weighted by Crippen LogP contribution is -2.47. The fourth-order valence-electron chi connectivity index (χ4n) is 3.71. The molecule has 1 N–H and O–H groups in total. The highest BCUT2D eigenvalue weighted by atomic mass is 32.2. The second kappa shape index (κ2) is 9.23. The van der Waals surface area contributed by atoms with E-state index in [1.165, 1.54) is 4.31 Å². The van der Waals surface area contributed by atoms with Crippen LogP contribution in [-0.2, 0) is 14.8 Å². The minimum absolute atomic E-state index is 0.0143. The van der Waals surface area contributed by atoms with Gasteiger partial charge in [0.25, 0.3) is 5.91 Å². The van der Waals surface area contributed by atoms with Crippen LogP contribution in [0.15, 0.2) is 24.3 Å². The summed E-state index contributed by atoms with van der Waals surface area (Å²) in [4.78, 5) is 29.2. The van der Waals surface area contributed by atoms with Gasteiger partial charge in [-0.1, -0.05) is 0 Å². The van der Waals surface area contributed by atoms with Gasteiger partial charge in [-0.25, -0.2) is 12.7 Å². The van der Waals surface area contributed by atoms with Crippen molar-refractivity contribution in [3.8, 4) is 0 Å². The van der Waals surface area contributed by atoms with Crippen molar-refractivity contribution in [3.63, 3.8) is 0 Å². The molecule has 1 aromatic carbocycles. The van der Waals surface area contributed by atoms with Crippen molar-refractivity contribution in [2.45, 2.75) is 19.8 Å². The predicted molar refractivity (Wildman–Crippen MR) is 112 cm³/mol. The zero-order valence-corrected chi connectivity index (χ0v) is 18.0. The van der Waals surface area contributed by atoms with E-state index in [0.29, 0.717) is 37.2 Å². The van der Waals surface area contributed by atoms with Crippen molar-refractivity contribution in [3.05, 3.63) is 29.8 Å². The quantitative estimate of drug-likeness (QED) is 0.767. The number of nitrogens with zero attached hydrogens (tertiary/aromatic N) is 3. The number of likely N-dealkylation sites (N-methyl/N-ethyl adjacent to an activating group) is 1. The molecule has 160 valence electrons. The number of amides is 2. The summed E-state index contributed by atoms with van der Waals surface area (Å²) >= 11 is 0. The first kappa shape index (κ1) is 21.7. The molecule has 9 heteroatoms. The third kappa shape index (κ3) is 5.34. The van der Waals surface area contributed by atoms with Gasteiger partial charge in [0.15, 0.2) is 0 Å². The van der Waals surface area contributed by atoms with Gasteiger partial charge < -0.3 is 15.1 Å². The van der Waals surface area contributed by atoms with Gasteiger partial charge in [-0.15, -0.1) is 0 Å². The molecule has 2 heterocycles. The summed E-state index contributed by atoms with van der Waals surface area (Å²) in [6, 6.07) is 6.98. The molecule has 8 nitrogen and oxygen atoms in total. The normalized spacial score (nSPS) is 19.9. The standard InChI is InChI=1S/C20H30N4O4S/c1-3-29(27,28)24-10-8-16(9-11-24)19(25)21-18-6-4-17(5-7-18)20(26)23-14-12-22(2)13-15-23/h4-7,16H,3,8-15H2,1-2H3,(H,21,25). The molecule has 1 aromatic rings. The summed E-state index contributed by atoms with van der Waals surface area (Å²) in [7, 11) is -1.14. The SMILES string of the molecule is CCS(=O)(=O)N1CCC(C(=O)Nc2ccc(C(=O)N3CCN(C)CC3)cc2)CC1. The van der Waals surface area contributed by atoms with Crippen LogP contribution in [0.5, 0.6) is 0 Å². The van der Waals surface area contributed by atoms with Crippen LogP contribution in [0.3, 0.4) is 0 Å². The van der Waals surface area contributed by atoms with E-state index in [9.17, 15) is 18.0 Å². The Balaban J connectivity index is 1.52. The van der Waals surface area contributed by atoms with Gasteiger partial charge in [0.1, 0.15) is 0 Å². The number of sulfonamides is 1. The first-order chi connectivity index (χ1) is 13.8. The molecule has 2 amide bonds. The maximum atomic E-state index is 12.6. The molecule has 2 fully saturated rings. The fourth-order valence-corrected chi connectivity index (χ4v) is 4.84. The number of piperidine rings is 1. The molecule has 0 saturated carbocycles. The van der Waals surface area contributed by atoms with Crippen molar-refractivity contribution in [1.29, 1.82) is 0 Å². The third-order valence-electron chi connectivity index (χ3n) is 5.77. The van der Waals surface area contributed by atoms with Crippen LogP contribution in [0, 0.1) is 5.92 Å². The summed E-state index contributed by atoms with van der Waals surface area (Å²) in [5.41, 5.74) is 1.26. The number of hydrogen-bond donors (Lipinski definition) is 1. The zero-order valence-electron chi connectivity index (χ0n) is 17.1. The Labute approximate surface area is 172 Å². The Morgan fingerprint density at radius 3 is 2.14 bits per heavy atom. The van der Waals surface area contributed by atoms with Crippen LogP contribution in [-0.4, -0.2) is 86.4 Å². The molecule has 0 spiro atoms. The molecule has 0 aliphatic carbocycles. The number of anilines is 1. The summed E-state index contributed by atoms with van der Waals surface area (Å²) in [6.45, 7) is 5.59. The molecule has 2 aliphatic heterocycles. The molecular weight excluding hydrogens is 392 g/mol. The molecule has 2 saturated heterocycles. The number of carbonyl (C=O) groups is 2. The van der Waals surface area contributed by atoms with Gasteiger partial charge in [-0.05, 0) is 51.1 Å². The van der Waals surface area contributed by atoms with E-state index in [4.69, 9.17) is 0 Å². The topological polar surface area (TPSA) is 90.0 Å². The maximum absolute atomic E-state index is 12.6. The second-order valence-electron chi connectivity index (χ2n) is 7.74. The van der Waals surface area contributed by atoms with Gasteiger partial charge in [0.2, 0.25) is 15.9 Å². The zero-order chi connectivity index (χ0) is 21.0. The minimum Gasteiger partial charge on any atom is -0.336 e. The van der Waals surface area contributed by atoms with E-state index in [1.54, 1.807) is 31.2 Å². The van der Waals surface area contributed by atoms with Crippen molar-refractivity contribution >= 4 is 27.5 Å².